The van der Waals surface area contributed by atoms with E-state index in [0.29, 0.717) is 19.0 Å². The number of amides is 1. The summed E-state index contributed by atoms with van der Waals surface area (Å²) in [4.78, 5) is 13.9. The first-order valence-corrected chi connectivity index (χ1v) is 6.00. The van der Waals surface area contributed by atoms with Crippen molar-refractivity contribution in [2.24, 2.45) is 11.1 Å². The van der Waals surface area contributed by atoms with Crippen LogP contribution in [0.1, 0.15) is 33.1 Å². The molecule has 0 bridgehead atoms. The molecule has 0 aromatic carbocycles. The van der Waals surface area contributed by atoms with Crippen LogP contribution in [-0.2, 0) is 9.53 Å². The fourth-order valence-electron chi connectivity index (χ4n) is 1.88. The number of hydrogen-bond donors (Lipinski definition) is 1. The summed E-state index contributed by atoms with van der Waals surface area (Å²) in [6, 6.07) is 0.342. The van der Waals surface area contributed by atoms with Crippen molar-refractivity contribution in [3.63, 3.8) is 0 Å². The predicted octanol–water partition coefficient (Wildman–Crippen LogP) is 0.999. The Morgan fingerprint density at radius 2 is 2.00 bits per heavy atom. The van der Waals surface area contributed by atoms with Gasteiger partial charge in [0.2, 0.25) is 5.91 Å². The molecule has 4 heteroatoms. The Hall–Kier alpha value is -0.610. The van der Waals surface area contributed by atoms with Crippen molar-refractivity contribution in [3.05, 3.63) is 0 Å². The molecule has 0 radical (unpaired) electrons. The van der Waals surface area contributed by atoms with Crippen LogP contribution < -0.4 is 5.73 Å². The summed E-state index contributed by atoms with van der Waals surface area (Å²) in [7, 11) is 1.89. The molecule has 0 aromatic rings. The molecule has 16 heavy (non-hydrogen) atoms. The van der Waals surface area contributed by atoms with Crippen LogP contribution in [-0.4, -0.2) is 43.7 Å². The lowest BCUT2D eigenvalue weighted by atomic mass is 9.88. The Labute approximate surface area is 98.1 Å². The van der Waals surface area contributed by atoms with Crippen LogP contribution in [0, 0.1) is 5.41 Å². The van der Waals surface area contributed by atoms with E-state index < -0.39 is 0 Å². The zero-order valence-corrected chi connectivity index (χ0v) is 10.7. The fraction of sp³-hybridized carbons (Fsp3) is 0.917. The first-order chi connectivity index (χ1) is 7.46. The molecule has 1 rings (SSSR count). The molecule has 94 valence electrons. The molecule has 1 aliphatic rings. The number of hydrogen-bond acceptors (Lipinski definition) is 3. The van der Waals surface area contributed by atoms with E-state index in [1.807, 2.05) is 25.8 Å². The van der Waals surface area contributed by atoms with Gasteiger partial charge in [-0.15, -0.1) is 0 Å². The van der Waals surface area contributed by atoms with Crippen molar-refractivity contribution in [1.29, 1.82) is 0 Å². The molecule has 1 fully saturated rings. The van der Waals surface area contributed by atoms with E-state index in [4.69, 9.17) is 10.5 Å². The van der Waals surface area contributed by atoms with E-state index in [2.05, 4.69) is 0 Å². The smallest absolute Gasteiger partial charge is 0.223 e. The first kappa shape index (κ1) is 13.5. The third-order valence-corrected chi connectivity index (χ3v) is 3.31. The summed E-state index contributed by atoms with van der Waals surface area (Å²) in [5.41, 5.74) is 5.54. The van der Waals surface area contributed by atoms with E-state index in [1.54, 1.807) is 0 Å². The van der Waals surface area contributed by atoms with Gasteiger partial charge in [0.05, 0.1) is 0 Å². The van der Waals surface area contributed by atoms with Crippen molar-refractivity contribution < 1.29 is 9.53 Å². The van der Waals surface area contributed by atoms with Crippen LogP contribution in [0.15, 0.2) is 0 Å². The second kappa shape index (κ2) is 5.64. The van der Waals surface area contributed by atoms with Crippen molar-refractivity contribution in [3.8, 4) is 0 Å². The number of nitrogens with two attached hydrogens (primary N) is 1. The van der Waals surface area contributed by atoms with Crippen LogP contribution in [0.5, 0.6) is 0 Å². The zero-order valence-electron chi connectivity index (χ0n) is 10.7. The van der Waals surface area contributed by atoms with Gasteiger partial charge in [-0.25, -0.2) is 0 Å². The molecule has 0 aromatic heterocycles. The van der Waals surface area contributed by atoms with Crippen molar-refractivity contribution in [2.45, 2.75) is 39.2 Å². The highest BCUT2D eigenvalue weighted by Crippen LogP contribution is 2.21. The summed E-state index contributed by atoms with van der Waals surface area (Å²) in [6.45, 7) is 6.14. The second-order valence-electron chi connectivity index (χ2n) is 5.39. The Bertz CT molecular complexity index is 235. The molecule has 0 unspecified atom stereocenters. The standard InChI is InChI=1S/C12H24N2O2/c1-12(2,9-13)8-11(15)14(3)10-4-6-16-7-5-10/h10H,4-9,13H2,1-3H3. The van der Waals surface area contributed by atoms with Gasteiger partial charge in [-0.1, -0.05) is 13.8 Å². The molecule has 0 aliphatic carbocycles. The largest absolute Gasteiger partial charge is 0.381 e. The van der Waals surface area contributed by atoms with Crippen LogP contribution >= 0.6 is 0 Å². The Morgan fingerprint density at radius 3 is 2.50 bits per heavy atom. The molecular weight excluding hydrogens is 204 g/mol. The Balaban J connectivity index is 2.46. The van der Waals surface area contributed by atoms with E-state index in [0.717, 1.165) is 26.1 Å². The average Bonchev–Trinajstić information content (AvgIpc) is 2.28. The average molecular weight is 228 g/mol. The second-order valence-corrected chi connectivity index (χ2v) is 5.39. The summed E-state index contributed by atoms with van der Waals surface area (Å²) >= 11 is 0. The SMILES string of the molecule is CN(C(=O)CC(C)(C)CN)C1CCOCC1. The van der Waals surface area contributed by atoms with Crippen LogP contribution in [0.2, 0.25) is 0 Å². The highest BCUT2D eigenvalue weighted by molar-refractivity contribution is 5.77. The van der Waals surface area contributed by atoms with E-state index in [9.17, 15) is 4.79 Å². The first-order valence-electron chi connectivity index (χ1n) is 6.00. The van der Waals surface area contributed by atoms with Crippen LogP contribution in [0.4, 0.5) is 0 Å². The number of nitrogens with zero attached hydrogens (tertiary/aromatic N) is 1. The third kappa shape index (κ3) is 3.76. The zero-order chi connectivity index (χ0) is 12.2. The van der Waals surface area contributed by atoms with Gasteiger partial charge in [-0.05, 0) is 24.8 Å². The molecule has 1 saturated heterocycles. The molecule has 1 aliphatic heterocycles. The molecule has 1 heterocycles. The summed E-state index contributed by atoms with van der Waals surface area (Å²) in [5, 5.41) is 0. The number of rotatable bonds is 4. The molecule has 0 atom stereocenters. The number of carbonyl (C=O) groups is 1. The quantitative estimate of drug-likeness (QED) is 0.781. The Kier molecular flexibility index (Phi) is 4.74. The minimum Gasteiger partial charge on any atom is -0.381 e. The lowest BCUT2D eigenvalue weighted by molar-refractivity contribution is -0.135. The molecular formula is C12H24N2O2. The molecule has 4 nitrogen and oxygen atoms in total. The monoisotopic (exact) mass is 228 g/mol. The lowest BCUT2D eigenvalue weighted by Crippen LogP contribution is -2.43. The van der Waals surface area contributed by atoms with Gasteiger partial charge in [0.15, 0.2) is 0 Å². The molecule has 1 amide bonds. The molecule has 0 saturated carbocycles. The van der Waals surface area contributed by atoms with Gasteiger partial charge in [0.1, 0.15) is 0 Å². The van der Waals surface area contributed by atoms with E-state index in [-0.39, 0.29) is 11.3 Å². The normalized spacial score (nSPS) is 18.5. The van der Waals surface area contributed by atoms with Gasteiger partial charge < -0.3 is 15.4 Å². The van der Waals surface area contributed by atoms with Gasteiger partial charge in [-0.2, -0.15) is 0 Å². The highest BCUT2D eigenvalue weighted by atomic mass is 16.5. The summed E-state index contributed by atoms with van der Waals surface area (Å²) in [6.07, 6.45) is 2.42. The van der Waals surface area contributed by atoms with Gasteiger partial charge >= 0.3 is 0 Å². The minimum absolute atomic E-state index is 0.101. The third-order valence-electron chi connectivity index (χ3n) is 3.31. The summed E-state index contributed by atoms with van der Waals surface area (Å²) in [5.74, 6) is 0.197. The van der Waals surface area contributed by atoms with Crippen LogP contribution in [0.25, 0.3) is 0 Å². The highest BCUT2D eigenvalue weighted by Gasteiger charge is 2.27. The maximum Gasteiger partial charge on any atom is 0.223 e. The van der Waals surface area contributed by atoms with E-state index in [1.165, 1.54) is 0 Å². The van der Waals surface area contributed by atoms with Crippen LogP contribution in [0.3, 0.4) is 0 Å². The topological polar surface area (TPSA) is 55.6 Å². The van der Waals surface area contributed by atoms with Crippen molar-refractivity contribution in [2.75, 3.05) is 26.8 Å². The summed E-state index contributed by atoms with van der Waals surface area (Å²) < 4.78 is 5.29. The molecule has 0 spiro atoms. The van der Waals surface area contributed by atoms with Crippen molar-refractivity contribution in [1.82, 2.24) is 4.90 Å². The van der Waals surface area contributed by atoms with Gasteiger partial charge in [0.25, 0.3) is 0 Å². The fourth-order valence-corrected chi connectivity index (χ4v) is 1.88. The molecule has 2 N–H and O–H groups in total. The minimum atomic E-state index is -0.101. The maximum atomic E-state index is 12.0. The maximum absolute atomic E-state index is 12.0. The number of carbonyl (C=O) groups excluding carboxylic acids is 1. The lowest BCUT2D eigenvalue weighted by Gasteiger charge is -2.33. The van der Waals surface area contributed by atoms with Gasteiger partial charge in [-0.3, -0.25) is 4.79 Å². The van der Waals surface area contributed by atoms with E-state index >= 15 is 0 Å². The number of ether oxygens (including phenoxy) is 1. The van der Waals surface area contributed by atoms with Gasteiger partial charge in [0, 0.05) is 32.7 Å². The van der Waals surface area contributed by atoms with Crippen molar-refractivity contribution >= 4 is 5.91 Å². The Morgan fingerprint density at radius 1 is 1.44 bits per heavy atom. The predicted molar refractivity (Wildman–Crippen MR) is 64.1 cm³/mol.